The minimum absolute atomic E-state index is 0. The first kappa shape index (κ1) is 24.2. The molecule has 0 spiro atoms. The second-order valence-corrected chi connectivity index (χ2v) is 7.23. The second kappa shape index (κ2) is 9.60. The summed E-state index contributed by atoms with van der Waals surface area (Å²) in [7, 11) is 3.61. The fraction of sp³-hybridized carbons (Fsp3) is 0.235. The molecule has 0 amide bonds. The zero-order chi connectivity index (χ0) is 18.3. The predicted molar refractivity (Wildman–Crippen MR) is 107 cm³/mol. The van der Waals surface area contributed by atoms with Crippen LogP contribution in [0, 0.1) is 0 Å². The average Bonchev–Trinajstić information content (AvgIpc) is 2.57. The molecule has 3 aromatic rings. The summed E-state index contributed by atoms with van der Waals surface area (Å²) < 4.78 is 1.67. The van der Waals surface area contributed by atoms with Gasteiger partial charge in [0.05, 0.1) is 25.8 Å². The average molecular weight is 435 g/mol. The minimum atomic E-state index is -0.196. The fourth-order valence-corrected chi connectivity index (χ4v) is 4.20. The SMILES string of the molecule is CSc1c(Cl)ccc2c(=O)c3cc(Cl)c(N(C)C)nc3n(C[C-]=O)c12.[Na+].[OH-]. The van der Waals surface area contributed by atoms with Crippen molar-refractivity contribution in [1.29, 1.82) is 0 Å². The van der Waals surface area contributed by atoms with Crippen molar-refractivity contribution >= 4 is 69.0 Å². The minimum Gasteiger partial charge on any atom is -0.870 e. The van der Waals surface area contributed by atoms with Gasteiger partial charge in [0.2, 0.25) is 0 Å². The smallest absolute Gasteiger partial charge is 0.870 e. The largest absolute Gasteiger partial charge is 1.00 e. The summed E-state index contributed by atoms with van der Waals surface area (Å²) in [6, 6.07) is 4.94. The molecule has 0 saturated heterocycles. The summed E-state index contributed by atoms with van der Waals surface area (Å²) in [4.78, 5) is 31.2. The Balaban J connectivity index is 0.00000182. The Labute approximate surface area is 192 Å². The molecule has 2 heterocycles. The van der Waals surface area contributed by atoms with E-state index in [-0.39, 0.29) is 47.0 Å². The Hall–Kier alpha value is -0.800. The molecule has 1 N–H and O–H groups in total. The Morgan fingerprint density at radius 2 is 1.89 bits per heavy atom. The number of rotatable bonds is 4. The second-order valence-electron chi connectivity index (χ2n) is 5.60. The Morgan fingerprint density at radius 3 is 2.44 bits per heavy atom. The number of aromatic nitrogens is 2. The maximum atomic E-state index is 13.0. The molecular weight excluding hydrogens is 420 g/mol. The van der Waals surface area contributed by atoms with Crippen LogP contribution in [0.5, 0.6) is 0 Å². The topological polar surface area (TPSA) is 85.2 Å². The third kappa shape index (κ3) is 4.15. The molecule has 0 fully saturated rings. The first-order valence-electron chi connectivity index (χ1n) is 7.32. The van der Waals surface area contributed by atoms with Gasteiger partial charge in [0.25, 0.3) is 0 Å². The van der Waals surface area contributed by atoms with Gasteiger partial charge in [-0.3, -0.25) is 4.79 Å². The van der Waals surface area contributed by atoms with Crippen LogP contribution in [0.2, 0.25) is 10.0 Å². The summed E-state index contributed by atoms with van der Waals surface area (Å²) >= 11 is 14.0. The van der Waals surface area contributed by atoms with Gasteiger partial charge >= 0.3 is 29.6 Å². The number of carbonyl (C=O) groups excluding carboxylic acids is 1. The number of hydrogen-bond acceptors (Lipinski definition) is 6. The molecule has 0 aliphatic rings. The molecule has 0 unspecified atom stereocenters. The van der Waals surface area contributed by atoms with Crippen LogP contribution in [-0.4, -0.2) is 41.7 Å². The molecule has 138 valence electrons. The van der Waals surface area contributed by atoms with Crippen LogP contribution in [0.15, 0.2) is 27.9 Å². The normalized spacial score (nSPS) is 10.4. The first-order chi connectivity index (χ1) is 11.9. The third-order valence-electron chi connectivity index (χ3n) is 3.89. The van der Waals surface area contributed by atoms with Crippen LogP contribution in [0.1, 0.15) is 0 Å². The van der Waals surface area contributed by atoms with E-state index in [0.29, 0.717) is 37.8 Å². The van der Waals surface area contributed by atoms with Crippen LogP contribution in [0.3, 0.4) is 0 Å². The number of pyridine rings is 2. The van der Waals surface area contributed by atoms with E-state index in [4.69, 9.17) is 23.2 Å². The molecule has 3 rings (SSSR count). The van der Waals surface area contributed by atoms with Gasteiger partial charge in [0.1, 0.15) is 11.5 Å². The van der Waals surface area contributed by atoms with Crippen LogP contribution in [-0.2, 0) is 11.3 Å². The molecule has 27 heavy (non-hydrogen) atoms. The van der Waals surface area contributed by atoms with E-state index in [0.717, 1.165) is 4.90 Å². The third-order valence-corrected chi connectivity index (χ3v) is 5.41. The molecule has 2 aromatic heterocycles. The van der Waals surface area contributed by atoms with Gasteiger partial charge in [-0.05, 0) is 24.5 Å². The predicted octanol–water partition coefficient (Wildman–Crippen LogP) is 0.581. The maximum Gasteiger partial charge on any atom is 1.00 e. The van der Waals surface area contributed by atoms with Gasteiger partial charge in [0.15, 0.2) is 5.43 Å². The molecular formula is C17H15Cl2N3NaO3S-. The van der Waals surface area contributed by atoms with Crippen LogP contribution < -0.4 is 39.9 Å². The number of halogens is 2. The van der Waals surface area contributed by atoms with Gasteiger partial charge in [-0.2, -0.15) is 0 Å². The molecule has 0 bridgehead atoms. The van der Waals surface area contributed by atoms with Gasteiger partial charge in [-0.15, -0.1) is 11.8 Å². The van der Waals surface area contributed by atoms with Crippen molar-refractivity contribution in [2.75, 3.05) is 25.3 Å². The van der Waals surface area contributed by atoms with E-state index in [2.05, 4.69) is 4.98 Å². The zero-order valence-corrected chi connectivity index (χ0v) is 19.5. The van der Waals surface area contributed by atoms with Gasteiger partial charge in [-0.25, -0.2) is 11.3 Å². The quantitative estimate of drug-likeness (QED) is 0.258. The number of nitrogens with zero attached hydrogens (tertiary/aromatic N) is 3. The molecule has 0 saturated carbocycles. The number of hydrogen-bond donors (Lipinski definition) is 0. The first-order valence-corrected chi connectivity index (χ1v) is 9.30. The van der Waals surface area contributed by atoms with Crippen molar-refractivity contribution in [1.82, 2.24) is 9.55 Å². The molecule has 0 radical (unpaired) electrons. The van der Waals surface area contributed by atoms with E-state index >= 15 is 0 Å². The van der Waals surface area contributed by atoms with Crippen LogP contribution >= 0.6 is 35.0 Å². The summed E-state index contributed by atoms with van der Waals surface area (Å²) in [6.07, 6.45) is 3.76. The van der Waals surface area contributed by atoms with Crippen molar-refractivity contribution in [3.63, 3.8) is 0 Å². The van der Waals surface area contributed by atoms with Gasteiger partial charge in [-0.1, -0.05) is 29.7 Å². The number of fused-ring (bicyclic) bond motifs is 2. The monoisotopic (exact) mass is 434 g/mol. The van der Waals surface area contributed by atoms with Gasteiger partial charge < -0.3 is 19.7 Å². The molecule has 1 aromatic carbocycles. The molecule has 10 heteroatoms. The van der Waals surface area contributed by atoms with Crippen LogP contribution in [0.25, 0.3) is 21.9 Å². The summed E-state index contributed by atoms with van der Waals surface area (Å²) in [5.74, 6) is 0.514. The Kier molecular flexibility index (Phi) is 8.62. The standard InChI is InChI=1S/C17H14Cl2N3O2S.Na.H2O/c1-21(2)17-12(19)8-10-14(24)9-4-5-11(18)15(25-3)13(9)22(6-7-23)16(10)20-17;;/h4-5,8H,6H2,1-3H3;;1H2/q-1;+1;/p-1. The summed E-state index contributed by atoms with van der Waals surface area (Å²) in [5.41, 5.74) is 0.769. The number of anilines is 1. The summed E-state index contributed by atoms with van der Waals surface area (Å²) in [5, 5.41) is 1.70. The molecule has 0 aliphatic heterocycles. The van der Waals surface area contributed by atoms with Crippen molar-refractivity contribution in [2.24, 2.45) is 0 Å². The van der Waals surface area contributed by atoms with Crippen molar-refractivity contribution in [3.8, 4) is 0 Å². The number of benzene rings is 1. The zero-order valence-electron chi connectivity index (χ0n) is 15.2. The Bertz CT molecular complexity index is 1070. The van der Waals surface area contributed by atoms with Crippen molar-refractivity contribution in [3.05, 3.63) is 38.5 Å². The van der Waals surface area contributed by atoms with Crippen molar-refractivity contribution < 1.29 is 39.8 Å². The summed E-state index contributed by atoms with van der Waals surface area (Å²) in [6.45, 7) is -0.0668. The van der Waals surface area contributed by atoms with E-state index in [9.17, 15) is 9.59 Å². The van der Waals surface area contributed by atoms with E-state index in [1.165, 1.54) is 11.8 Å². The maximum absolute atomic E-state index is 13.0. The Morgan fingerprint density at radius 1 is 1.22 bits per heavy atom. The van der Waals surface area contributed by atoms with Crippen molar-refractivity contribution in [2.45, 2.75) is 11.4 Å². The molecule has 6 nitrogen and oxygen atoms in total. The fourth-order valence-electron chi connectivity index (χ4n) is 2.82. The molecule has 0 aliphatic carbocycles. The van der Waals surface area contributed by atoms with E-state index in [1.807, 2.05) is 12.5 Å². The van der Waals surface area contributed by atoms with Crippen LogP contribution in [0.4, 0.5) is 5.82 Å². The van der Waals surface area contributed by atoms with E-state index in [1.54, 1.807) is 41.8 Å². The van der Waals surface area contributed by atoms with Gasteiger partial charge in [0, 0.05) is 19.5 Å². The number of thioether (sulfide) groups is 1. The van der Waals surface area contributed by atoms with E-state index < -0.39 is 0 Å². The molecule has 0 atom stereocenters.